The van der Waals surface area contributed by atoms with Gasteiger partial charge in [0.25, 0.3) is 0 Å². The van der Waals surface area contributed by atoms with E-state index in [-0.39, 0.29) is 12.0 Å². The van der Waals surface area contributed by atoms with Gasteiger partial charge in [0.1, 0.15) is 0 Å². The van der Waals surface area contributed by atoms with E-state index in [1.165, 1.54) is 22.4 Å². The fourth-order valence-corrected chi connectivity index (χ4v) is 4.38. The van der Waals surface area contributed by atoms with Crippen LogP contribution in [0, 0.1) is 5.92 Å². The Kier molecular flexibility index (Phi) is 5.72. The molecule has 0 radical (unpaired) electrons. The third-order valence-electron chi connectivity index (χ3n) is 5.73. The van der Waals surface area contributed by atoms with E-state index in [1.54, 1.807) is 0 Å². The van der Waals surface area contributed by atoms with Gasteiger partial charge in [0.15, 0.2) is 0 Å². The average molecular weight is 352 g/mol. The molecule has 1 heterocycles. The first-order valence-electron chi connectivity index (χ1n) is 10.0. The zero-order chi connectivity index (χ0) is 18.7. The minimum absolute atomic E-state index is 0.170. The minimum atomic E-state index is 0.170. The molecule has 1 N–H and O–H groups in total. The monoisotopic (exact) mass is 351 g/mol. The third kappa shape index (κ3) is 3.81. The second kappa shape index (κ2) is 7.84. The van der Waals surface area contributed by atoms with E-state index < -0.39 is 0 Å². The summed E-state index contributed by atoms with van der Waals surface area (Å²) in [6.45, 7) is 10.4. The number of fused-ring (bicyclic) bond motifs is 1. The van der Waals surface area contributed by atoms with Crippen molar-refractivity contribution in [2.24, 2.45) is 5.92 Å². The second-order valence-corrected chi connectivity index (χ2v) is 8.57. The molecule has 0 fully saturated rings. The highest BCUT2D eigenvalue weighted by molar-refractivity contribution is 5.60. The Hall–Kier alpha value is -1.80. The van der Waals surface area contributed by atoms with E-state index in [2.05, 4.69) is 81.1 Å². The Morgan fingerprint density at radius 3 is 2.42 bits per heavy atom. The summed E-state index contributed by atoms with van der Waals surface area (Å²) < 4.78 is 0. The van der Waals surface area contributed by atoms with Gasteiger partial charge in [0.05, 0.1) is 6.04 Å². The predicted molar refractivity (Wildman–Crippen MR) is 111 cm³/mol. The van der Waals surface area contributed by atoms with E-state index in [9.17, 15) is 5.11 Å². The van der Waals surface area contributed by atoms with Gasteiger partial charge in [0, 0.05) is 18.8 Å². The molecule has 1 aliphatic heterocycles. The maximum absolute atomic E-state index is 9.41. The fraction of sp³-hybridized carbons (Fsp3) is 0.500. The molecule has 0 aliphatic carbocycles. The van der Waals surface area contributed by atoms with Crippen molar-refractivity contribution >= 4 is 5.69 Å². The standard InChI is InChI=1S/C24H33NO/c1-5-25-22-14-13-21(24(2,3)4)17-20(22)16-19(12-9-15-26)23(25)18-10-7-6-8-11-18/h6-8,10-11,13-14,17,19,23,26H,5,9,12,15-16H2,1-4H3/t19-,23-/m0/s1. The van der Waals surface area contributed by atoms with E-state index in [0.717, 1.165) is 25.8 Å². The number of benzene rings is 2. The largest absolute Gasteiger partial charge is 0.396 e. The molecule has 2 nitrogen and oxygen atoms in total. The first kappa shape index (κ1) is 19.0. The van der Waals surface area contributed by atoms with Gasteiger partial charge in [-0.3, -0.25) is 0 Å². The van der Waals surface area contributed by atoms with Crippen molar-refractivity contribution in [3.63, 3.8) is 0 Å². The van der Waals surface area contributed by atoms with Crippen LogP contribution in [0.15, 0.2) is 48.5 Å². The fourth-order valence-electron chi connectivity index (χ4n) is 4.38. The Labute approximate surface area is 158 Å². The molecule has 3 rings (SSSR count). The molecule has 140 valence electrons. The number of aliphatic hydroxyl groups excluding tert-OH is 1. The molecule has 1 aliphatic rings. The van der Waals surface area contributed by atoms with Gasteiger partial charge in [-0.05, 0) is 60.3 Å². The number of hydrogen-bond acceptors (Lipinski definition) is 2. The number of rotatable bonds is 5. The molecule has 2 aromatic carbocycles. The second-order valence-electron chi connectivity index (χ2n) is 8.57. The van der Waals surface area contributed by atoms with Crippen molar-refractivity contribution < 1.29 is 5.11 Å². The highest BCUT2D eigenvalue weighted by Crippen LogP contribution is 2.44. The summed E-state index contributed by atoms with van der Waals surface area (Å²) in [4.78, 5) is 2.57. The van der Waals surface area contributed by atoms with Gasteiger partial charge in [-0.25, -0.2) is 0 Å². The molecule has 2 atom stereocenters. The van der Waals surface area contributed by atoms with Crippen LogP contribution in [0.1, 0.15) is 63.3 Å². The lowest BCUT2D eigenvalue weighted by molar-refractivity contribution is 0.257. The summed E-state index contributed by atoms with van der Waals surface area (Å²) in [5.41, 5.74) is 5.82. The van der Waals surface area contributed by atoms with Gasteiger partial charge in [-0.1, -0.05) is 63.2 Å². The number of hydrogen-bond donors (Lipinski definition) is 1. The van der Waals surface area contributed by atoms with E-state index in [1.807, 2.05) is 0 Å². The highest BCUT2D eigenvalue weighted by atomic mass is 16.2. The van der Waals surface area contributed by atoms with Crippen LogP contribution in [0.5, 0.6) is 0 Å². The van der Waals surface area contributed by atoms with Crippen LogP contribution < -0.4 is 4.90 Å². The first-order chi connectivity index (χ1) is 12.5. The van der Waals surface area contributed by atoms with E-state index >= 15 is 0 Å². The molecule has 0 aromatic heterocycles. The van der Waals surface area contributed by atoms with Gasteiger partial charge in [-0.15, -0.1) is 0 Å². The van der Waals surface area contributed by atoms with Crippen LogP contribution >= 0.6 is 0 Å². The van der Waals surface area contributed by atoms with Crippen molar-refractivity contribution in [3.8, 4) is 0 Å². The molecule has 0 saturated heterocycles. The van der Waals surface area contributed by atoms with E-state index in [0.29, 0.717) is 12.0 Å². The summed E-state index contributed by atoms with van der Waals surface area (Å²) in [7, 11) is 0. The molecular weight excluding hydrogens is 318 g/mol. The molecule has 0 amide bonds. The van der Waals surface area contributed by atoms with Crippen LogP contribution in [0.25, 0.3) is 0 Å². The third-order valence-corrected chi connectivity index (χ3v) is 5.73. The summed E-state index contributed by atoms with van der Waals surface area (Å²) in [6, 6.07) is 18.3. The lowest BCUT2D eigenvalue weighted by Gasteiger charge is -2.44. The predicted octanol–water partition coefficient (Wildman–Crippen LogP) is 5.50. The molecule has 2 heteroatoms. The van der Waals surface area contributed by atoms with Gasteiger partial charge >= 0.3 is 0 Å². The quantitative estimate of drug-likeness (QED) is 0.769. The summed E-state index contributed by atoms with van der Waals surface area (Å²) in [5.74, 6) is 0.534. The van der Waals surface area contributed by atoms with Crippen LogP contribution in [0.3, 0.4) is 0 Å². The Balaban J connectivity index is 2.05. The lowest BCUT2D eigenvalue weighted by Crippen LogP contribution is -2.39. The van der Waals surface area contributed by atoms with Crippen LogP contribution in [0.4, 0.5) is 5.69 Å². The Morgan fingerprint density at radius 2 is 1.81 bits per heavy atom. The molecule has 0 saturated carbocycles. The number of nitrogens with zero attached hydrogens (tertiary/aromatic N) is 1. The number of aliphatic hydroxyl groups is 1. The van der Waals surface area contributed by atoms with Crippen molar-refractivity contribution in [2.75, 3.05) is 18.1 Å². The van der Waals surface area contributed by atoms with Crippen molar-refractivity contribution in [1.29, 1.82) is 0 Å². The van der Waals surface area contributed by atoms with Gasteiger partial charge in [-0.2, -0.15) is 0 Å². The first-order valence-corrected chi connectivity index (χ1v) is 10.0. The summed E-state index contributed by atoms with van der Waals surface area (Å²) in [5, 5.41) is 9.41. The van der Waals surface area contributed by atoms with Crippen LogP contribution in [-0.2, 0) is 11.8 Å². The molecule has 0 spiro atoms. The summed E-state index contributed by atoms with van der Waals surface area (Å²) in [6.07, 6.45) is 3.03. The Morgan fingerprint density at radius 1 is 1.08 bits per heavy atom. The van der Waals surface area contributed by atoms with Crippen molar-refractivity contribution in [1.82, 2.24) is 0 Å². The molecule has 2 aromatic rings. The van der Waals surface area contributed by atoms with Gasteiger partial charge in [0.2, 0.25) is 0 Å². The van der Waals surface area contributed by atoms with E-state index in [4.69, 9.17) is 0 Å². The maximum atomic E-state index is 9.41. The molecule has 0 unspecified atom stereocenters. The topological polar surface area (TPSA) is 23.5 Å². The zero-order valence-corrected chi connectivity index (χ0v) is 16.7. The molecular formula is C24H33NO. The van der Waals surface area contributed by atoms with Crippen molar-refractivity contribution in [3.05, 3.63) is 65.2 Å². The Bertz CT molecular complexity index is 717. The number of anilines is 1. The highest BCUT2D eigenvalue weighted by Gasteiger charge is 2.34. The van der Waals surface area contributed by atoms with Crippen LogP contribution in [0.2, 0.25) is 0 Å². The lowest BCUT2D eigenvalue weighted by atomic mass is 9.77. The molecule has 0 bridgehead atoms. The average Bonchev–Trinajstić information content (AvgIpc) is 2.64. The molecule has 26 heavy (non-hydrogen) atoms. The van der Waals surface area contributed by atoms with Crippen LogP contribution in [-0.4, -0.2) is 18.3 Å². The SMILES string of the molecule is CCN1c2ccc(C(C)(C)C)cc2C[C@H](CCCO)[C@@H]1c1ccccc1. The zero-order valence-electron chi connectivity index (χ0n) is 16.7. The minimum Gasteiger partial charge on any atom is -0.396 e. The smallest absolute Gasteiger partial charge is 0.0573 e. The van der Waals surface area contributed by atoms with Gasteiger partial charge < -0.3 is 10.0 Å². The summed E-state index contributed by atoms with van der Waals surface area (Å²) >= 11 is 0. The normalized spacial score (nSPS) is 20.1. The van der Waals surface area contributed by atoms with Crippen molar-refractivity contribution in [2.45, 2.75) is 58.4 Å². The maximum Gasteiger partial charge on any atom is 0.0573 e.